The molecular formula is C17H28N5O6P. The molecule has 162 valence electrons. The molecule has 2 aromatic heterocycles. The minimum atomic E-state index is -3.43. The van der Waals surface area contributed by atoms with E-state index in [2.05, 4.69) is 15.0 Å². The zero-order valence-corrected chi connectivity index (χ0v) is 18.2. The molecule has 11 nitrogen and oxygen atoms in total. The van der Waals surface area contributed by atoms with Gasteiger partial charge in [-0.05, 0) is 34.6 Å². The van der Waals surface area contributed by atoms with Crippen molar-refractivity contribution in [2.45, 2.75) is 52.9 Å². The molecule has 0 bridgehead atoms. The summed E-state index contributed by atoms with van der Waals surface area (Å²) in [5.74, 6) is -0.925. The van der Waals surface area contributed by atoms with Crippen LogP contribution in [0, 0.1) is 0 Å². The average Bonchev–Trinajstić information content (AvgIpc) is 2.96. The van der Waals surface area contributed by atoms with Crippen molar-refractivity contribution in [1.82, 2.24) is 19.5 Å². The van der Waals surface area contributed by atoms with Gasteiger partial charge in [0.15, 0.2) is 11.5 Å². The molecule has 0 spiro atoms. The second kappa shape index (κ2) is 9.17. The molecule has 0 aromatic carbocycles. The first-order valence-electron chi connectivity index (χ1n) is 9.26. The highest BCUT2D eigenvalue weighted by Crippen LogP contribution is 2.48. The summed E-state index contributed by atoms with van der Waals surface area (Å²) in [7, 11) is -3.43. The van der Waals surface area contributed by atoms with E-state index >= 15 is 0 Å². The number of aliphatic hydroxyl groups excluding tert-OH is 1. The highest BCUT2D eigenvalue weighted by Gasteiger charge is 2.29. The van der Waals surface area contributed by atoms with Crippen LogP contribution >= 0.6 is 7.60 Å². The number of nitrogens with two attached hydrogens (primary N) is 1. The van der Waals surface area contributed by atoms with E-state index in [0.29, 0.717) is 0 Å². The van der Waals surface area contributed by atoms with E-state index in [1.165, 1.54) is 10.9 Å². The number of carbonyl (C=O) groups excluding carboxylic acids is 1. The van der Waals surface area contributed by atoms with Crippen LogP contribution in [0.5, 0.6) is 0 Å². The van der Waals surface area contributed by atoms with Crippen LogP contribution in [0.2, 0.25) is 0 Å². The number of hydrogen-bond donors (Lipinski definition) is 2. The number of imidazole rings is 1. The number of esters is 1. The molecule has 0 radical (unpaired) electrons. The van der Waals surface area contributed by atoms with Crippen molar-refractivity contribution in [3.05, 3.63) is 12.2 Å². The monoisotopic (exact) mass is 429 g/mol. The number of fused-ring (bicyclic) bond motifs is 1. The number of nitrogen functional groups attached to an aromatic ring is 1. The van der Waals surface area contributed by atoms with Crippen molar-refractivity contribution < 1.29 is 28.3 Å². The van der Waals surface area contributed by atoms with Crippen LogP contribution in [0.25, 0.3) is 11.2 Å². The van der Waals surface area contributed by atoms with Crippen LogP contribution < -0.4 is 5.73 Å². The molecule has 3 N–H and O–H groups in total. The van der Waals surface area contributed by atoms with Gasteiger partial charge in [0, 0.05) is 0 Å². The van der Waals surface area contributed by atoms with Crippen molar-refractivity contribution in [3.63, 3.8) is 0 Å². The van der Waals surface area contributed by atoms with Gasteiger partial charge < -0.3 is 29.2 Å². The minimum absolute atomic E-state index is 0.00908. The maximum Gasteiger partial charge on any atom is 0.377 e. The van der Waals surface area contributed by atoms with Crippen molar-refractivity contribution in [2.75, 3.05) is 25.1 Å². The van der Waals surface area contributed by atoms with Crippen molar-refractivity contribution in [3.8, 4) is 0 Å². The second-order valence-electron chi connectivity index (χ2n) is 7.29. The fraction of sp³-hybridized carbons (Fsp3) is 0.647. The van der Waals surface area contributed by atoms with Gasteiger partial charge in [-0.3, -0.25) is 4.57 Å². The Kier molecular flexibility index (Phi) is 7.34. The van der Waals surface area contributed by atoms with E-state index in [1.807, 2.05) is 0 Å². The van der Waals surface area contributed by atoms with Crippen LogP contribution in [-0.2, 0) is 24.9 Å². The van der Waals surface area contributed by atoms with Gasteiger partial charge in [-0.25, -0.2) is 19.7 Å². The third-order valence-corrected chi connectivity index (χ3v) is 5.74. The lowest BCUT2D eigenvalue weighted by Crippen LogP contribution is -2.26. The van der Waals surface area contributed by atoms with Gasteiger partial charge in [0.1, 0.15) is 11.1 Å². The summed E-state index contributed by atoms with van der Waals surface area (Å²) in [6.45, 7) is 8.94. The Labute approximate surface area is 169 Å². The molecular weight excluding hydrogens is 401 g/mol. The Bertz CT molecular complexity index is 900. The van der Waals surface area contributed by atoms with Crippen LogP contribution in [0.15, 0.2) is 6.33 Å². The van der Waals surface area contributed by atoms with Gasteiger partial charge in [-0.15, -0.1) is 0 Å². The Balaban J connectivity index is 2.27. The van der Waals surface area contributed by atoms with E-state index in [4.69, 9.17) is 19.5 Å². The molecule has 2 heterocycles. The lowest BCUT2D eigenvalue weighted by molar-refractivity contribution is 0.00560. The first kappa shape index (κ1) is 23.2. The quantitative estimate of drug-likeness (QED) is 0.447. The maximum absolute atomic E-state index is 12.6. The second-order valence-corrected chi connectivity index (χ2v) is 9.39. The zero-order chi connectivity index (χ0) is 21.8. The fourth-order valence-electron chi connectivity index (χ4n) is 2.59. The molecule has 0 saturated carbocycles. The van der Waals surface area contributed by atoms with Crippen molar-refractivity contribution >= 4 is 30.5 Å². The Morgan fingerprint density at radius 1 is 1.28 bits per heavy atom. The Morgan fingerprint density at radius 3 is 2.45 bits per heavy atom. The topological polar surface area (TPSA) is 152 Å². The molecule has 0 aliphatic carbocycles. The molecule has 1 atom stereocenters. The first-order chi connectivity index (χ1) is 13.5. The molecule has 0 amide bonds. The minimum Gasteiger partial charge on any atom is -0.454 e. The van der Waals surface area contributed by atoms with E-state index in [-0.39, 0.29) is 48.7 Å². The summed E-state index contributed by atoms with van der Waals surface area (Å²) >= 11 is 0. The van der Waals surface area contributed by atoms with Crippen LogP contribution in [0.4, 0.5) is 5.82 Å². The Morgan fingerprint density at radius 2 is 1.90 bits per heavy atom. The predicted molar refractivity (Wildman–Crippen MR) is 107 cm³/mol. The van der Waals surface area contributed by atoms with Crippen LogP contribution in [-0.4, -0.2) is 61.7 Å². The van der Waals surface area contributed by atoms with E-state index in [0.717, 1.165) is 0 Å². The number of aromatic nitrogens is 4. The largest absolute Gasteiger partial charge is 0.454 e. The summed E-state index contributed by atoms with van der Waals surface area (Å²) in [5, 5.41) is 10.4. The molecule has 0 fully saturated rings. The predicted octanol–water partition coefficient (Wildman–Crippen LogP) is 1.99. The normalized spacial score (nSPS) is 13.6. The highest BCUT2D eigenvalue weighted by molar-refractivity contribution is 7.53. The summed E-state index contributed by atoms with van der Waals surface area (Å²) < 4.78 is 29.8. The molecule has 0 aliphatic heterocycles. The van der Waals surface area contributed by atoms with Gasteiger partial charge in [0.05, 0.1) is 38.4 Å². The Hall–Kier alpha value is -2.07. The third kappa shape index (κ3) is 6.20. The summed E-state index contributed by atoms with van der Waals surface area (Å²) in [4.78, 5) is 24.6. The molecule has 0 aliphatic rings. The molecule has 12 heteroatoms. The van der Waals surface area contributed by atoms with E-state index in [9.17, 15) is 14.5 Å². The standard InChI is InChI=1S/C17H28N5O6P/c1-6-26-29(25,27-7-2)9-11(23)8-22-10-19-12-13(18)20-14(21-15(12)22)16(24)28-17(3,4)5/h10-11,23H,6-9H2,1-5H3,(H2,18,20,21)/t11-/m1/s1. The van der Waals surface area contributed by atoms with Gasteiger partial charge in [0.25, 0.3) is 0 Å². The number of anilines is 1. The number of nitrogens with zero attached hydrogens (tertiary/aromatic N) is 4. The first-order valence-corrected chi connectivity index (χ1v) is 11.0. The smallest absolute Gasteiger partial charge is 0.377 e. The van der Waals surface area contributed by atoms with Gasteiger partial charge in [-0.2, -0.15) is 0 Å². The van der Waals surface area contributed by atoms with E-state index in [1.54, 1.807) is 34.6 Å². The number of carbonyl (C=O) groups is 1. The molecule has 2 aromatic rings. The lowest BCUT2D eigenvalue weighted by Gasteiger charge is -2.20. The van der Waals surface area contributed by atoms with Gasteiger partial charge >= 0.3 is 13.6 Å². The van der Waals surface area contributed by atoms with Crippen molar-refractivity contribution in [2.24, 2.45) is 0 Å². The summed E-state index contributed by atoms with van der Waals surface area (Å²) in [6, 6.07) is 0. The van der Waals surface area contributed by atoms with E-state index < -0.39 is 25.3 Å². The third-order valence-electron chi connectivity index (χ3n) is 3.57. The summed E-state index contributed by atoms with van der Waals surface area (Å²) in [6.07, 6.45) is 0.135. The summed E-state index contributed by atoms with van der Waals surface area (Å²) in [5.41, 5.74) is 5.71. The lowest BCUT2D eigenvalue weighted by atomic mass is 10.2. The number of rotatable bonds is 9. The molecule has 0 unspecified atom stereocenters. The number of ether oxygens (including phenoxy) is 1. The van der Waals surface area contributed by atoms with Gasteiger partial charge in [0.2, 0.25) is 5.82 Å². The average molecular weight is 429 g/mol. The van der Waals surface area contributed by atoms with Crippen LogP contribution in [0.1, 0.15) is 45.2 Å². The number of aliphatic hydroxyl groups is 1. The molecule has 2 rings (SSSR count). The zero-order valence-electron chi connectivity index (χ0n) is 17.3. The highest BCUT2D eigenvalue weighted by atomic mass is 31.2. The molecule has 0 saturated heterocycles. The van der Waals surface area contributed by atoms with Gasteiger partial charge in [-0.1, -0.05) is 0 Å². The van der Waals surface area contributed by atoms with Crippen LogP contribution in [0.3, 0.4) is 0 Å². The fourth-order valence-corrected chi connectivity index (χ4v) is 4.30. The maximum atomic E-state index is 12.6. The number of hydrogen-bond acceptors (Lipinski definition) is 10. The van der Waals surface area contributed by atoms with Crippen molar-refractivity contribution in [1.29, 1.82) is 0 Å². The molecule has 29 heavy (non-hydrogen) atoms. The SMILES string of the molecule is CCOP(=O)(C[C@H](O)Cn1cnc2c(N)nc(C(=O)OC(C)(C)C)nc21)OCC.